The number of rotatable bonds is 2. The van der Waals surface area contributed by atoms with E-state index in [1.165, 1.54) is 5.56 Å². The van der Waals surface area contributed by atoms with Crippen molar-refractivity contribution >= 4 is 32.6 Å². The SMILES string of the molecule is Cl.NCCc1ccccc1.[Cl][Cu][Cl]. The van der Waals surface area contributed by atoms with Crippen LogP contribution in [0.4, 0.5) is 0 Å². The van der Waals surface area contributed by atoms with E-state index in [1.807, 2.05) is 18.2 Å². The summed E-state index contributed by atoms with van der Waals surface area (Å²) in [6.07, 6.45) is 0.987. The van der Waals surface area contributed by atoms with Crippen molar-refractivity contribution in [3.05, 3.63) is 35.9 Å². The van der Waals surface area contributed by atoms with Gasteiger partial charge >= 0.3 is 33.3 Å². The fraction of sp³-hybridized carbons (Fsp3) is 0.250. The first-order valence-electron chi connectivity index (χ1n) is 3.40. The Morgan fingerprint density at radius 2 is 1.62 bits per heavy atom. The van der Waals surface area contributed by atoms with Gasteiger partial charge in [-0.15, -0.1) is 12.4 Å². The van der Waals surface area contributed by atoms with Crippen molar-refractivity contribution in [2.45, 2.75) is 6.42 Å². The fourth-order valence-electron chi connectivity index (χ4n) is 0.811. The van der Waals surface area contributed by atoms with E-state index in [0.717, 1.165) is 26.1 Å². The summed E-state index contributed by atoms with van der Waals surface area (Å²) in [5, 5.41) is 0. The van der Waals surface area contributed by atoms with Gasteiger partial charge in [0.05, 0.1) is 0 Å². The molecule has 5 heteroatoms. The summed E-state index contributed by atoms with van der Waals surface area (Å²) in [4.78, 5) is 0. The molecule has 0 radical (unpaired) electrons. The molecule has 0 spiro atoms. The molecular weight excluding hydrogens is 280 g/mol. The average Bonchev–Trinajstić information content (AvgIpc) is 2.08. The van der Waals surface area contributed by atoms with E-state index < -0.39 is 0 Å². The maximum atomic E-state index is 5.36. The van der Waals surface area contributed by atoms with E-state index in [0.29, 0.717) is 0 Å². The second-order valence-corrected chi connectivity index (χ2v) is 3.62. The minimum atomic E-state index is 0. The van der Waals surface area contributed by atoms with Gasteiger partial charge in [0.1, 0.15) is 0 Å². The minimum absolute atomic E-state index is 0. The van der Waals surface area contributed by atoms with Crippen LogP contribution in [0.25, 0.3) is 0 Å². The molecule has 0 aliphatic carbocycles. The maximum absolute atomic E-state index is 5.36. The molecule has 2 N–H and O–H groups in total. The zero-order valence-electron chi connectivity index (χ0n) is 6.84. The summed E-state index contributed by atoms with van der Waals surface area (Å²) >= 11 is 0.757. The number of hydrogen-bond donors (Lipinski definition) is 1. The second kappa shape index (κ2) is 12.6. The number of benzene rings is 1. The van der Waals surface area contributed by atoms with Crippen molar-refractivity contribution in [2.75, 3.05) is 6.54 Å². The van der Waals surface area contributed by atoms with E-state index in [4.69, 9.17) is 5.73 Å². The van der Waals surface area contributed by atoms with Crippen molar-refractivity contribution in [1.29, 1.82) is 0 Å². The van der Waals surface area contributed by atoms with Gasteiger partial charge in [-0.2, -0.15) is 0 Å². The zero-order chi connectivity index (χ0) is 9.23. The van der Waals surface area contributed by atoms with E-state index in [1.54, 1.807) is 0 Å². The number of halogens is 3. The van der Waals surface area contributed by atoms with Crippen LogP contribution in [0.1, 0.15) is 5.56 Å². The molecule has 1 rings (SSSR count). The van der Waals surface area contributed by atoms with E-state index >= 15 is 0 Å². The Hall–Kier alpha value is 0.569. The molecule has 13 heavy (non-hydrogen) atoms. The van der Waals surface area contributed by atoms with Gasteiger partial charge in [0.15, 0.2) is 0 Å². The summed E-state index contributed by atoms with van der Waals surface area (Å²) in [5.41, 5.74) is 6.68. The van der Waals surface area contributed by atoms with Crippen LogP contribution in [0.3, 0.4) is 0 Å². The van der Waals surface area contributed by atoms with Crippen molar-refractivity contribution in [3.8, 4) is 0 Å². The predicted molar refractivity (Wildman–Crippen MR) is 58.2 cm³/mol. The first kappa shape index (κ1) is 16.0. The topological polar surface area (TPSA) is 26.0 Å². The standard InChI is InChI=1S/C8H11N.3ClH.Cu/c9-7-6-8-4-2-1-3-5-8;;;;/h1-5H,6-7,9H2;3*1H;/q;;;;+2/p-2. The molecule has 0 bridgehead atoms. The monoisotopic (exact) mass is 290 g/mol. The van der Waals surface area contributed by atoms with Gasteiger partial charge in [0.2, 0.25) is 0 Å². The van der Waals surface area contributed by atoms with Crippen LogP contribution < -0.4 is 5.73 Å². The van der Waals surface area contributed by atoms with Crippen molar-refractivity contribution in [3.63, 3.8) is 0 Å². The van der Waals surface area contributed by atoms with Crippen LogP contribution in [0.5, 0.6) is 0 Å². The summed E-state index contributed by atoms with van der Waals surface area (Å²) < 4.78 is 0. The van der Waals surface area contributed by atoms with Gasteiger partial charge in [-0.25, -0.2) is 0 Å². The molecule has 0 saturated heterocycles. The van der Waals surface area contributed by atoms with E-state index in [2.05, 4.69) is 32.3 Å². The Morgan fingerprint density at radius 1 is 1.15 bits per heavy atom. The summed E-state index contributed by atoms with van der Waals surface area (Å²) in [6, 6.07) is 10.3. The molecule has 81 valence electrons. The molecule has 0 aliphatic heterocycles. The molecule has 0 fully saturated rings. The van der Waals surface area contributed by atoms with Crippen LogP contribution in [-0.2, 0) is 19.6 Å². The van der Waals surface area contributed by atoms with Crippen LogP contribution in [0.2, 0.25) is 0 Å². The molecule has 0 aromatic heterocycles. The Morgan fingerprint density at radius 3 is 2.00 bits per heavy atom. The molecule has 1 aromatic carbocycles. The normalized spacial score (nSPS) is 8.23. The van der Waals surface area contributed by atoms with Crippen molar-refractivity contribution < 1.29 is 13.1 Å². The Balaban J connectivity index is 0. The van der Waals surface area contributed by atoms with E-state index in [9.17, 15) is 0 Å². The fourth-order valence-corrected chi connectivity index (χ4v) is 0.811. The Bertz CT molecular complexity index is 184. The van der Waals surface area contributed by atoms with Gasteiger partial charge in [-0.1, -0.05) is 30.3 Å². The molecule has 0 heterocycles. The van der Waals surface area contributed by atoms with Gasteiger partial charge in [0, 0.05) is 0 Å². The molecule has 0 amide bonds. The van der Waals surface area contributed by atoms with Crippen LogP contribution in [-0.4, -0.2) is 6.54 Å². The van der Waals surface area contributed by atoms with Crippen LogP contribution in [0, 0.1) is 0 Å². The quantitative estimate of drug-likeness (QED) is 0.833. The second-order valence-electron chi connectivity index (χ2n) is 2.07. The van der Waals surface area contributed by atoms with Gasteiger partial charge in [-0.3, -0.25) is 0 Å². The third kappa shape index (κ3) is 10.5. The third-order valence-corrected chi connectivity index (χ3v) is 1.28. The first-order chi connectivity index (χ1) is 5.85. The molecule has 0 saturated carbocycles. The van der Waals surface area contributed by atoms with Gasteiger partial charge in [-0.05, 0) is 18.5 Å². The number of hydrogen-bond acceptors (Lipinski definition) is 1. The summed E-state index contributed by atoms with van der Waals surface area (Å²) in [7, 11) is 9.34. The van der Waals surface area contributed by atoms with Crippen LogP contribution >= 0.6 is 32.6 Å². The summed E-state index contributed by atoms with van der Waals surface area (Å²) in [6.45, 7) is 0.740. The number of nitrogens with two attached hydrogens (primary N) is 1. The molecule has 0 unspecified atom stereocenters. The van der Waals surface area contributed by atoms with Gasteiger partial charge in [0.25, 0.3) is 0 Å². The Kier molecular flexibility index (Phi) is 15.5. The first-order valence-corrected chi connectivity index (χ1v) is 5.99. The average molecular weight is 292 g/mol. The Labute approximate surface area is 100 Å². The van der Waals surface area contributed by atoms with Gasteiger partial charge < -0.3 is 5.73 Å². The predicted octanol–water partition coefficient (Wildman–Crippen LogP) is 2.99. The van der Waals surface area contributed by atoms with Crippen LogP contribution in [0.15, 0.2) is 30.3 Å². The molecule has 0 aliphatic rings. The summed E-state index contributed by atoms with van der Waals surface area (Å²) in [5.74, 6) is 0. The third-order valence-electron chi connectivity index (χ3n) is 1.28. The molecule has 0 atom stereocenters. The molecular formula is C8H12Cl3CuN. The zero-order valence-corrected chi connectivity index (χ0v) is 10.1. The molecule has 1 nitrogen and oxygen atoms in total. The van der Waals surface area contributed by atoms with E-state index in [-0.39, 0.29) is 12.4 Å². The van der Waals surface area contributed by atoms with Crippen molar-refractivity contribution in [2.24, 2.45) is 5.73 Å². The van der Waals surface area contributed by atoms with Crippen molar-refractivity contribution in [1.82, 2.24) is 0 Å². The molecule has 1 aromatic rings.